The number of aromatic nitrogens is 3. The average Bonchev–Trinajstić information content (AvgIpc) is 2.86. The predicted octanol–water partition coefficient (Wildman–Crippen LogP) is -0.796. The summed E-state index contributed by atoms with van der Waals surface area (Å²) in [5.74, 6) is -0.189. The molecular weight excluding hydrogens is 222 g/mol. The maximum atomic E-state index is 11.0. The first-order valence-corrected chi connectivity index (χ1v) is 5.75. The molecule has 1 aromatic heterocycles. The van der Waals surface area contributed by atoms with Crippen LogP contribution in [0.5, 0.6) is 0 Å². The van der Waals surface area contributed by atoms with Crippen molar-refractivity contribution in [2.45, 2.75) is 25.4 Å². The minimum atomic E-state index is -0.189. The van der Waals surface area contributed by atoms with Crippen molar-refractivity contribution in [3.8, 4) is 0 Å². The molecule has 0 saturated carbocycles. The second-order valence-corrected chi connectivity index (χ2v) is 4.01. The second kappa shape index (κ2) is 5.74. The van der Waals surface area contributed by atoms with Gasteiger partial charge in [0.25, 0.3) is 0 Å². The average molecular weight is 239 g/mol. The molecule has 2 heterocycles. The Morgan fingerprint density at radius 2 is 2.35 bits per heavy atom. The summed E-state index contributed by atoms with van der Waals surface area (Å²) < 4.78 is 7.14. The fourth-order valence-corrected chi connectivity index (χ4v) is 1.78. The lowest BCUT2D eigenvalue weighted by Crippen LogP contribution is -2.29. The lowest BCUT2D eigenvalue weighted by molar-refractivity contribution is -0.119. The van der Waals surface area contributed by atoms with E-state index in [1.54, 1.807) is 0 Å². The molecule has 2 rings (SSSR count). The van der Waals surface area contributed by atoms with Crippen molar-refractivity contribution in [1.82, 2.24) is 20.3 Å². The number of ether oxygens (including phenoxy) is 1. The fraction of sp³-hybridized carbons (Fsp3) is 0.700. The number of amides is 1. The van der Waals surface area contributed by atoms with E-state index in [0.717, 1.165) is 31.7 Å². The van der Waals surface area contributed by atoms with E-state index in [9.17, 15) is 4.79 Å². The van der Waals surface area contributed by atoms with Gasteiger partial charge in [0.15, 0.2) is 0 Å². The van der Waals surface area contributed by atoms with Crippen LogP contribution in [0.4, 0.5) is 0 Å². The van der Waals surface area contributed by atoms with E-state index in [1.807, 2.05) is 10.9 Å². The van der Waals surface area contributed by atoms with E-state index >= 15 is 0 Å². The third kappa shape index (κ3) is 3.24. The molecule has 1 aliphatic rings. The molecule has 17 heavy (non-hydrogen) atoms. The highest BCUT2D eigenvalue weighted by Crippen LogP contribution is 2.19. The molecule has 7 heteroatoms. The van der Waals surface area contributed by atoms with Crippen LogP contribution < -0.4 is 11.1 Å². The molecule has 1 aromatic rings. The molecule has 0 aromatic carbocycles. The van der Waals surface area contributed by atoms with Gasteiger partial charge in [-0.3, -0.25) is 4.79 Å². The summed E-state index contributed by atoms with van der Waals surface area (Å²) in [6.07, 6.45) is 3.78. The van der Waals surface area contributed by atoms with Gasteiger partial charge in [-0.2, -0.15) is 0 Å². The standard InChI is InChI=1S/C10H17N5O2/c11-5-10(16)12-6-8-7-15(14-13-8)9-1-3-17-4-2-9/h7,9H,1-6,11H2,(H,12,16). The monoisotopic (exact) mass is 239 g/mol. The van der Waals surface area contributed by atoms with Crippen molar-refractivity contribution in [3.63, 3.8) is 0 Å². The maximum absolute atomic E-state index is 11.0. The van der Waals surface area contributed by atoms with Gasteiger partial charge in [-0.05, 0) is 12.8 Å². The molecule has 3 N–H and O–H groups in total. The molecule has 0 spiro atoms. The van der Waals surface area contributed by atoms with Gasteiger partial charge in [-0.25, -0.2) is 4.68 Å². The number of nitrogens with two attached hydrogens (primary N) is 1. The fourth-order valence-electron chi connectivity index (χ4n) is 1.78. The maximum Gasteiger partial charge on any atom is 0.234 e. The summed E-state index contributed by atoms with van der Waals surface area (Å²) in [7, 11) is 0. The molecule has 0 atom stereocenters. The third-order valence-electron chi connectivity index (χ3n) is 2.77. The Bertz CT molecular complexity index is 373. The van der Waals surface area contributed by atoms with Crippen LogP contribution in [0, 0.1) is 0 Å². The first kappa shape index (κ1) is 12.0. The summed E-state index contributed by atoms with van der Waals surface area (Å²) in [4.78, 5) is 11.0. The number of hydrogen-bond donors (Lipinski definition) is 2. The van der Waals surface area contributed by atoms with Crippen molar-refractivity contribution in [3.05, 3.63) is 11.9 Å². The Morgan fingerprint density at radius 1 is 1.59 bits per heavy atom. The normalized spacial score (nSPS) is 17.0. The zero-order valence-electron chi connectivity index (χ0n) is 9.63. The van der Waals surface area contributed by atoms with Gasteiger partial charge < -0.3 is 15.8 Å². The summed E-state index contributed by atoms with van der Waals surface area (Å²) in [5, 5.41) is 10.7. The summed E-state index contributed by atoms with van der Waals surface area (Å²) >= 11 is 0. The molecule has 0 unspecified atom stereocenters. The molecule has 7 nitrogen and oxygen atoms in total. The molecule has 94 valence electrons. The van der Waals surface area contributed by atoms with E-state index in [4.69, 9.17) is 10.5 Å². The van der Waals surface area contributed by atoms with E-state index in [-0.39, 0.29) is 12.5 Å². The smallest absolute Gasteiger partial charge is 0.234 e. The van der Waals surface area contributed by atoms with E-state index in [0.29, 0.717) is 12.6 Å². The van der Waals surface area contributed by atoms with Gasteiger partial charge in [0.1, 0.15) is 5.69 Å². The number of nitrogens with one attached hydrogen (secondary N) is 1. The van der Waals surface area contributed by atoms with Crippen molar-refractivity contribution in [2.75, 3.05) is 19.8 Å². The molecule has 0 bridgehead atoms. The highest BCUT2D eigenvalue weighted by molar-refractivity contribution is 5.77. The zero-order chi connectivity index (χ0) is 12.1. The van der Waals surface area contributed by atoms with Gasteiger partial charge in [-0.15, -0.1) is 5.10 Å². The molecular formula is C10H17N5O2. The van der Waals surface area contributed by atoms with Crippen LogP contribution in [0.15, 0.2) is 6.20 Å². The lowest BCUT2D eigenvalue weighted by Gasteiger charge is -2.21. The van der Waals surface area contributed by atoms with Crippen LogP contribution in [0.2, 0.25) is 0 Å². The number of rotatable bonds is 4. The van der Waals surface area contributed by atoms with Crippen molar-refractivity contribution in [2.24, 2.45) is 5.73 Å². The lowest BCUT2D eigenvalue weighted by atomic mass is 10.1. The van der Waals surface area contributed by atoms with Crippen LogP contribution in [0.1, 0.15) is 24.6 Å². The van der Waals surface area contributed by atoms with Gasteiger partial charge >= 0.3 is 0 Å². The van der Waals surface area contributed by atoms with E-state index < -0.39 is 0 Å². The van der Waals surface area contributed by atoms with Crippen LogP contribution in [-0.2, 0) is 16.1 Å². The topological polar surface area (TPSA) is 95.1 Å². The van der Waals surface area contributed by atoms with E-state index in [1.165, 1.54) is 0 Å². The van der Waals surface area contributed by atoms with Crippen molar-refractivity contribution >= 4 is 5.91 Å². The molecule has 1 saturated heterocycles. The van der Waals surface area contributed by atoms with Crippen molar-refractivity contribution < 1.29 is 9.53 Å². The summed E-state index contributed by atoms with van der Waals surface area (Å²) in [6, 6.07) is 0.357. The van der Waals surface area contributed by atoms with Crippen LogP contribution in [-0.4, -0.2) is 40.7 Å². The van der Waals surface area contributed by atoms with Gasteiger partial charge in [0, 0.05) is 13.2 Å². The number of carbonyl (C=O) groups excluding carboxylic acids is 1. The molecule has 1 aliphatic heterocycles. The van der Waals surface area contributed by atoms with Gasteiger partial charge in [0.2, 0.25) is 5.91 Å². The van der Waals surface area contributed by atoms with Crippen LogP contribution >= 0.6 is 0 Å². The Labute approximate surface area is 99.3 Å². The molecule has 1 fully saturated rings. The highest BCUT2D eigenvalue weighted by atomic mass is 16.5. The van der Waals surface area contributed by atoms with E-state index in [2.05, 4.69) is 15.6 Å². The van der Waals surface area contributed by atoms with Gasteiger partial charge in [0.05, 0.1) is 25.3 Å². The SMILES string of the molecule is NCC(=O)NCc1cn(C2CCOCC2)nn1. The van der Waals surface area contributed by atoms with Crippen molar-refractivity contribution in [1.29, 1.82) is 0 Å². The summed E-state index contributed by atoms with van der Waals surface area (Å²) in [5.41, 5.74) is 5.94. The Balaban J connectivity index is 1.88. The number of hydrogen-bond acceptors (Lipinski definition) is 5. The minimum Gasteiger partial charge on any atom is -0.381 e. The quantitative estimate of drug-likeness (QED) is 0.717. The number of carbonyl (C=O) groups is 1. The van der Waals surface area contributed by atoms with Crippen LogP contribution in [0.3, 0.4) is 0 Å². The minimum absolute atomic E-state index is 0.00585. The first-order valence-electron chi connectivity index (χ1n) is 5.75. The van der Waals surface area contributed by atoms with Crippen LogP contribution in [0.25, 0.3) is 0 Å². The highest BCUT2D eigenvalue weighted by Gasteiger charge is 2.17. The largest absolute Gasteiger partial charge is 0.381 e. The van der Waals surface area contributed by atoms with Gasteiger partial charge in [-0.1, -0.05) is 5.21 Å². The number of nitrogens with zero attached hydrogens (tertiary/aromatic N) is 3. The predicted molar refractivity (Wildman–Crippen MR) is 60.0 cm³/mol. The Kier molecular flexibility index (Phi) is 4.05. The zero-order valence-corrected chi connectivity index (χ0v) is 9.63. The Morgan fingerprint density at radius 3 is 3.06 bits per heavy atom. The Hall–Kier alpha value is -1.47. The summed E-state index contributed by atoms with van der Waals surface area (Å²) in [6.45, 7) is 1.90. The molecule has 1 amide bonds. The second-order valence-electron chi connectivity index (χ2n) is 4.01. The molecule has 0 aliphatic carbocycles. The first-order chi connectivity index (χ1) is 8.29. The third-order valence-corrected chi connectivity index (χ3v) is 2.77. The molecule has 0 radical (unpaired) electrons.